The molecule has 0 unspecified atom stereocenters. The van der Waals surface area contributed by atoms with Crippen molar-refractivity contribution in [1.29, 1.82) is 0 Å². The van der Waals surface area contributed by atoms with Gasteiger partial charge in [-0.05, 0) is 31.6 Å². The molecule has 0 saturated heterocycles. The highest BCUT2D eigenvalue weighted by molar-refractivity contribution is 7.99. The van der Waals surface area contributed by atoms with E-state index < -0.39 is 5.54 Å². The largest absolute Gasteiger partial charge is 0.394 e. The molecule has 4 heteroatoms. The Morgan fingerprint density at radius 1 is 1.33 bits per heavy atom. The molecule has 0 saturated carbocycles. The van der Waals surface area contributed by atoms with Gasteiger partial charge in [0.1, 0.15) is 0 Å². The zero-order valence-corrected chi connectivity index (χ0v) is 11.8. The van der Waals surface area contributed by atoms with E-state index in [0.29, 0.717) is 5.75 Å². The van der Waals surface area contributed by atoms with Gasteiger partial charge in [-0.1, -0.05) is 30.3 Å². The summed E-state index contributed by atoms with van der Waals surface area (Å²) in [5, 5.41) is 11.8. The van der Waals surface area contributed by atoms with E-state index in [1.807, 2.05) is 18.2 Å². The summed E-state index contributed by atoms with van der Waals surface area (Å²) in [6.45, 7) is 3.56. The van der Waals surface area contributed by atoms with Gasteiger partial charge in [0.2, 0.25) is 5.91 Å². The van der Waals surface area contributed by atoms with E-state index in [0.717, 1.165) is 12.2 Å². The third-order valence-electron chi connectivity index (χ3n) is 2.48. The minimum absolute atomic E-state index is 0.0212. The maximum atomic E-state index is 11.6. The molecule has 2 N–H and O–H groups in total. The van der Waals surface area contributed by atoms with Gasteiger partial charge in [-0.15, -0.1) is 0 Å². The Bertz CT molecular complexity index is 365. The lowest BCUT2D eigenvalue weighted by atomic mass is 10.1. The number of aliphatic hydroxyl groups excluding tert-OH is 1. The van der Waals surface area contributed by atoms with Crippen LogP contribution in [0.4, 0.5) is 0 Å². The number of nitrogens with one attached hydrogen (secondary N) is 1. The van der Waals surface area contributed by atoms with Gasteiger partial charge in [0, 0.05) is 0 Å². The van der Waals surface area contributed by atoms with Crippen LogP contribution in [0.5, 0.6) is 0 Å². The van der Waals surface area contributed by atoms with E-state index in [2.05, 4.69) is 17.4 Å². The zero-order chi connectivity index (χ0) is 13.4. The normalized spacial score (nSPS) is 11.3. The molecule has 0 aliphatic rings. The van der Waals surface area contributed by atoms with Crippen molar-refractivity contribution in [2.24, 2.45) is 0 Å². The summed E-state index contributed by atoms with van der Waals surface area (Å²) < 4.78 is 0. The Hall–Kier alpha value is -1.00. The fourth-order valence-corrected chi connectivity index (χ4v) is 2.23. The quantitative estimate of drug-likeness (QED) is 0.741. The van der Waals surface area contributed by atoms with E-state index in [9.17, 15) is 4.79 Å². The number of carbonyl (C=O) groups is 1. The van der Waals surface area contributed by atoms with Gasteiger partial charge in [-0.25, -0.2) is 0 Å². The first kappa shape index (κ1) is 15.1. The third kappa shape index (κ3) is 6.07. The van der Waals surface area contributed by atoms with Gasteiger partial charge < -0.3 is 10.4 Å². The topological polar surface area (TPSA) is 49.3 Å². The standard InChI is InChI=1S/C14H21NO2S/c1-14(2,11-16)15-13(17)10-18-9-8-12-6-4-3-5-7-12/h3-7,16H,8-11H2,1-2H3,(H,15,17). The number of amides is 1. The smallest absolute Gasteiger partial charge is 0.230 e. The maximum absolute atomic E-state index is 11.6. The fraction of sp³-hybridized carbons (Fsp3) is 0.500. The summed E-state index contributed by atoms with van der Waals surface area (Å²) in [5.74, 6) is 1.35. The van der Waals surface area contributed by atoms with Crippen LogP contribution in [0.3, 0.4) is 0 Å². The number of benzene rings is 1. The van der Waals surface area contributed by atoms with E-state index in [-0.39, 0.29) is 12.5 Å². The number of hydrogen-bond donors (Lipinski definition) is 2. The molecule has 0 aromatic heterocycles. The van der Waals surface area contributed by atoms with Crippen molar-refractivity contribution < 1.29 is 9.90 Å². The summed E-state index contributed by atoms with van der Waals surface area (Å²) in [6, 6.07) is 10.2. The second kappa shape index (κ2) is 7.44. The van der Waals surface area contributed by atoms with Crippen LogP contribution in [0.15, 0.2) is 30.3 Å². The molecule has 0 radical (unpaired) electrons. The molecular weight excluding hydrogens is 246 g/mol. The predicted molar refractivity (Wildman–Crippen MR) is 76.8 cm³/mol. The second-order valence-corrected chi connectivity index (χ2v) is 5.98. The van der Waals surface area contributed by atoms with Crippen LogP contribution in [0.1, 0.15) is 19.4 Å². The van der Waals surface area contributed by atoms with E-state index in [1.165, 1.54) is 5.56 Å². The Morgan fingerprint density at radius 2 is 2.00 bits per heavy atom. The summed E-state index contributed by atoms with van der Waals surface area (Å²) in [4.78, 5) is 11.6. The molecule has 100 valence electrons. The highest BCUT2D eigenvalue weighted by Crippen LogP contribution is 2.07. The van der Waals surface area contributed by atoms with Gasteiger partial charge >= 0.3 is 0 Å². The van der Waals surface area contributed by atoms with Crippen LogP contribution in [0, 0.1) is 0 Å². The Morgan fingerprint density at radius 3 is 2.61 bits per heavy atom. The summed E-state index contributed by atoms with van der Waals surface area (Å²) >= 11 is 1.61. The summed E-state index contributed by atoms with van der Waals surface area (Å²) in [6.07, 6.45) is 0.974. The molecule has 1 amide bonds. The first-order chi connectivity index (χ1) is 8.53. The molecular formula is C14H21NO2S. The second-order valence-electron chi connectivity index (χ2n) is 4.88. The van der Waals surface area contributed by atoms with Crippen molar-refractivity contribution >= 4 is 17.7 Å². The van der Waals surface area contributed by atoms with Crippen LogP contribution in [-0.2, 0) is 11.2 Å². The lowest BCUT2D eigenvalue weighted by molar-refractivity contribution is -0.120. The highest BCUT2D eigenvalue weighted by Gasteiger charge is 2.18. The summed E-state index contributed by atoms with van der Waals surface area (Å²) in [5.41, 5.74) is 0.762. The van der Waals surface area contributed by atoms with Gasteiger partial charge in [0.15, 0.2) is 0 Å². The van der Waals surface area contributed by atoms with Gasteiger partial charge in [-0.2, -0.15) is 11.8 Å². The Labute approximate surface area is 113 Å². The number of aryl methyl sites for hydroxylation is 1. The predicted octanol–water partition coefficient (Wildman–Crippen LogP) is 1.85. The van der Waals surface area contributed by atoms with Gasteiger partial charge in [-0.3, -0.25) is 4.79 Å². The molecule has 0 heterocycles. The first-order valence-corrected chi connectivity index (χ1v) is 7.22. The minimum atomic E-state index is -0.531. The van der Waals surface area contributed by atoms with E-state index in [1.54, 1.807) is 25.6 Å². The molecule has 3 nitrogen and oxygen atoms in total. The van der Waals surface area contributed by atoms with Crippen molar-refractivity contribution in [1.82, 2.24) is 5.32 Å². The van der Waals surface area contributed by atoms with Crippen LogP contribution in [-0.4, -0.2) is 34.7 Å². The molecule has 18 heavy (non-hydrogen) atoms. The van der Waals surface area contributed by atoms with Crippen molar-refractivity contribution in [3.8, 4) is 0 Å². The molecule has 0 spiro atoms. The average Bonchev–Trinajstić information content (AvgIpc) is 2.35. The zero-order valence-electron chi connectivity index (χ0n) is 11.0. The monoisotopic (exact) mass is 267 g/mol. The van der Waals surface area contributed by atoms with E-state index in [4.69, 9.17) is 5.11 Å². The van der Waals surface area contributed by atoms with Crippen molar-refractivity contribution in [2.45, 2.75) is 25.8 Å². The molecule has 1 aromatic carbocycles. The number of aliphatic hydroxyl groups is 1. The van der Waals surface area contributed by atoms with Crippen molar-refractivity contribution in [3.05, 3.63) is 35.9 Å². The maximum Gasteiger partial charge on any atom is 0.230 e. The molecule has 0 aliphatic heterocycles. The van der Waals surface area contributed by atoms with E-state index >= 15 is 0 Å². The molecule has 1 aromatic rings. The Balaban J connectivity index is 2.17. The fourth-order valence-electron chi connectivity index (χ4n) is 1.45. The molecule has 0 aliphatic carbocycles. The molecule has 0 atom stereocenters. The molecule has 0 fully saturated rings. The van der Waals surface area contributed by atoms with Crippen molar-refractivity contribution in [3.63, 3.8) is 0 Å². The lowest BCUT2D eigenvalue weighted by Gasteiger charge is -2.23. The minimum Gasteiger partial charge on any atom is -0.394 e. The third-order valence-corrected chi connectivity index (χ3v) is 3.44. The highest BCUT2D eigenvalue weighted by atomic mass is 32.2. The van der Waals surface area contributed by atoms with Crippen molar-refractivity contribution in [2.75, 3.05) is 18.1 Å². The molecule has 1 rings (SSSR count). The average molecular weight is 267 g/mol. The van der Waals surface area contributed by atoms with Crippen LogP contribution < -0.4 is 5.32 Å². The van der Waals surface area contributed by atoms with Gasteiger partial charge in [0.05, 0.1) is 17.9 Å². The first-order valence-electron chi connectivity index (χ1n) is 6.07. The molecule has 0 bridgehead atoms. The number of hydrogen-bond acceptors (Lipinski definition) is 3. The van der Waals surface area contributed by atoms with Crippen LogP contribution in [0.25, 0.3) is 0 Å². The SMILES string of the molecule is CC(C)(CO)NC(=O)CSCCc1ccccc1. The van der Waals surface area contributed by atoms with Gasteiger partial charge in [0.25, 0.3) is 0 Å². The number of carbonyl (C=O) groups excluding carboxylic acids is 1. The summed E-state index contributed by atoms with van der Waals surface area (Å²) in [7, 11) is 0. The lowest BCUT2D eigenvalue weighted by Crippen LogP contribution is -2.47. The van der Waals surface area contributed by atoms with Crippen LogP contribution >= 0.6 is 11.8 Å². The number of thioether (sulfide) groups is 1. The Kier molecular flexibility index (Phi) is 6.22. The number of rotatable bonds is 7. The van der Waals surface area contributed by atoms with Crippen LogP contribution in [0.2, 0.25) is 0 Å².